The van der Waals surface area contributed by atoms with Crippen molar-refractivity contribution >= 4 is 17.5 Å². The summed E-state index contributed by atoms with van der Waals surface area (Å²) in [6.45, 7) is 0.550. The molecule has 6 heteroatoms. The standard InChI is InChI=1S/C20H24N4O2/c25-19-12-15(14-23(19)17-7-2-1-3-8-17)20(26)22-16-6-4-9-18(13-16)24-11-5-10-21-24/h4-6,9-11,13,15,17H,1-3,7-8,12,14H2,(H,22,26)/t15-/m1/s1. The average Bonchev–Trinajstić information content (AvgIpc) is 3.32. The number of hydrogen-bond acceptors (Lipinski definition) is 3. The van der Waals surface area contributed by atoms with Crippen LogP contribution in [0.15, 0.2) is 42.7 Å². The number of likely N-dealkylation sites (tertiary alicyclic amines) is 1. The van der Waals surface area contributed by atoms with E-state index in [0.29, 0.717) is 19.0 Å². The first-order valence-electron chi connectivity index (χ1n) is 9.41. The first-order valence-corrected chi connectivity index (χ1v) is 9.41. The lowest BCUT2D eigenvalue weighted by Crippen LogP contribution is -2.38. The van der Waals surface area contributed by atoms with Crippen LogP contribution in [-0.4, -0.2) is 39.1 Å². The second-order valence-corrected chi connectivity index (χ2v) is 7.23. The summed E-state index contributed by atoms with van der Waals surface area (Å²) in [5.74, 6) is -0.214. The number of amides is 2. The van der Waals surface area contributed by atoms with E-state index in [-0.39, 0.29) is 17.7 Å². The van der Waals surface area contributed by atoms with E-state index >= 15 is 0 Å². The zero-order chi connectivity index (χ0) is 17.9. The lowest BCUT2D eigenvalue weighted by molar-refractivity contribution is -0.130. The lowest BCUT2D eigenvalue weighted by atomic mass is 9.94. The van der Waals surface area contributed by atoms with Gasteiger partial charge in [0.2, 0.25) is 11.8 Å². The van der Waals surface area contributed by atoms with E-state index in [4.69, 9.17) is 0 Å². The second kappa shape index (κ2) is 7.32. The van der Waals surface area contributed by atoms with E-state index in [1.807, 2.05) is 41.4 Å². The second-order valence-electron chi connectivity index (χ2n) is 7.23. The van der Waals surface area contributed by atoms with Gasteiger partial charge in [-0.05, 0) is 37.1 Å². The number of benzene rings is 1. The maximum Gasteiger partial charge on any atom is 0.229 e. The molecule has 2 aliphatic rings. The van der Waals surface area contributed by atoms with Crippen molar-refractivity contribution in [3.8, 4) is 5.69 Å². The third kappa shape index (κ3) is 3.49. The van der Waals surface area contributed by atoms with Crippen molar-refractivity contribution in [2.45, 2.75) is 44.6 Å². The zero-order valence-corrected chi connectivity index (χ0v) is 14.8. The smallest absolute Gasteiger partial charge is 0.229 e. The molecular weight excluding hydrogens is 328 g/mol. The minimum absolute atomic E-state index is 0.0747. The maximum atomic E-state index is 12.7. The quantitative estimate of drug-likeness (QED) is 0.920. The number of hydrogen-bond donors (Lipinski definition) is 1. The van der Waals surface area contributed by atoms with Crippen LogP contribution in [0.4, 0.5) is 5.69 Å². The third-order valence-corrected chi connectivity index (χ3v) is 5.43. The zero-order valence-electron chi connectivity index (χ0n) is 14.8. The highest BCUT2D eigenvalue weighted by molar-refractivity contribution is 5.97. The average molecular weight is 352 g/mol. The fraction of sp³-hybridized carbons (Fsp3) is 0.450. The molecule has 1 N–H and O–H groups in total. The number of nitrogens with zero attached hydrogens (tertiary/aromatic N) is 3. The fourth-order valence-electron chi connectivity index (χ4n) is 4.04. The van der Waals surface area contributed by atoms with E-state index in [0.717, 1.165) is 24.2 Å². The van der Waals surface area contributed by atoms with E-state index in [2.05, 4.69) is 10.4 Å². The molecule has 4 rings (SSSR count). The first kappa shape index (κ1) is 16.8. The van der Waals surface area contributed by atoms with Gasteiger partial charge in [0.05, 0.1) is 11.6 Å². The Bertz CT molecular complexity index is 781. The number of carbonyl (C=O) groups is 2. The summed E-state index contributed by atoms with van der Waals surface area (Å²) < 4.78 is 1.75. The number of anilines is 1. The van der Waals surface area contributed by atoms with Crippen LogP contribution in [0.2, 0.25) is 0 Å². The Morgan fingerprint density at radius 1 is 1.15 bits per heavy atom. The number of rotatable bonds is 4. The molecule has 26 heavy (non-hydrogen) atoms. The molecule has 1 aliphatic heterocycles. The molecule has 1 aromatic heterocycles. The van der Waals surface area contributed by atoms with Gasteiger partial charge < -0.3 is 10.2 Å². The van der Waals surface area contributed by atoms with E-state index < -0.39 is 0 Å². The lowest BCUT2D eigenvalue weighted by Gasteiger charge is -2.31. The Kier molecular flexibility index (Phi) is 4.73. The van der Waals surface area contributed by atoms with Crippen molar-refractivity contribution in [2.24, 2.45) is 5.92 Å². The van der Waals surface area contributed by atoms with Crippen LogP contribution in [-0.2, 0) is 9.59 Å². The topological polar surface area (TPSA) is 67.2 Å². The molecule has 0 unspecified atom stereocenters. The molecule has 2 aromatic rings. The van der Waals surface area contributed by atoms with Crippen molar-refractivity contribution in [2.75, 3.05) is 11.9 Å². The van der Waals surface area contributed by atoms with Gasteiger partial charge >= 0.3 is 0 Å². The number of nitrogens with one attached hydrogen (secondary N) is 1. The molecule has 1 saturated carbocycles. The SMILES string of the molecule is O=C(Nc1cccc(-n2cccn2)c1)[C@@H]1CC(=O)N(C2CCCCC2)C1. The maximum absolute atomic E-state index is 12.7. The van der Waals surface area contributed by atoms with Crippen molar-refractivity contribution in [3.05, 3.63) is 42.7 Å². The molecule has 1 saturated heterocycles. The van der Waals surface area contributed by atoms with Gasteiger partial charge in [-0.25, -0.2) is 4.68 Å². The van der Waals surface area contributed by atoms with Crippen molar-refractivity contribution in [1.82, 2.24) is 14.7 Å². The van der Waals surface area contributed by atoms with Gasteiger partial charge in [-0.15, -0.1) is 0 Å². The van der Waals surface area contributed by atoms with Crippen LogP contribution in [0.5, 0.6) is 0 Å². The highest BCUT2D eigenvalue weighted by Crippen LogP contribution is 2.29. The van der Waals surface area contributed by atoms with E-state index in [9.17, 15) is 9.59 Å². The third-order valence-electron chi connectivity index (χ3n) is 5.43. The van der Waals surface area contributed by atoms with E-state index in [1.54, 1.807) is 10.9 Å². The van der Waals surface area contributed by atoms with Gasteiger partial charge in [0, 0.05) is 37.1 Å². The normalized spacial score (nSPS) is 21.2. The monoisotopic (exact) mass is 352 g/mol. The summed E-state index contributed by atoms with van der Waals surface area (Å²) in [5, 5.41) is 7.18. The van der Waals surface area contributed by atoms with Crippen LogP contribution >= 0.6 is 0 Å². The minimum Gasteiger partial charge on any atom is -0.339 e. The Hall–Kier alpha value is -2.63. The van der Waals surface area contributed by atoms with Crippen LogP contribution in [0.25, 0.3) is 5.69 Å². The molecule has 0 spiro atoms. The Balaban J connectivity index is 1.41. The van der Waals surface area contributed by atoms with Crippen LogP contribution in [0.3, 0.4) is 0 Å². The van der Waals surface area contributed by atoms with Gasteiger partial charge in [-0.2, -0.15) is 5.10 Å². The molecular formula is C20H24N4O2. The molecule has 1 atom stereocenters. The summed E-state index contributed by atoms with van der Waals surface area (Å²) in [7, 11) is 0. The van der Waals surface area contributed by atoms with E-state index in [1.165, 1.54) is 19.3 Å². The van der Waals surface area contributed by atoms with Crippen molar-refractivity contribution in [1.29, 1.82) is 0 Å². The summed E-state index contributed by atoms with van der Waals surface area (Å²) in [6, 6.07) is 9.76. The predicted molar refractivity (Wildman–Crippen MR) is 98.9 cm³/mol. The summed E-state index contributed by atoms with van der Waals surface area (Å²) in [6.07, 6.45) is 9.68. The van der Waals surface area contributed by atoms with Crippen LogP contribution in [0.1, 0.15) is 38.5 Å². The molecule has 2 fully saturated rings. The molecule has 1 aliphatic carbocycles. The molecule has 0 radical (unpaired) electrons. The largest absolute Gasteiger partial charge is 0.339 e. The molecule has 2 heterocycles. The number of aromatic nitrogens is 2. The minimum atomic E-state index is -0.266. The van der Waals surface area contributed by atoms with Crippen molar-refractivity contribution < 1.29 is 9.59 Å². The van der Waals surface area contributed by atoms with Gasteiger partial charge in [0.15, 0.2) is 0 Å². The van der Waals surface area contributed by atoms with Gasteiger partial charge in [-0.1, -0.05) is 25.3 Å². The summed E-state index contributed by atoms with van der Waals surface area (Å²) >= 11 is 0. The fourth-order valence-corrected chi connectivity index (χ4v) is 4.04. The van der Waals surface area contributed by atoms with Gasteiger partial charge in [0.1, 0.15) is 0 Å². The number of carbonyl (C=O) groups excluding carboxylic acids is 2. The highest BCUT2D eigenvalue weighted by Gasteiger charge is 2.38. The molecule has 2 amide bonds. The Labute approximate surface area is 153 Å². The summed E-state index contributed by atoms with van der Waals surface area (Å²) in [5.41, 5.74) is 1.62. The summed E-state index contributed by atoms with van der Waals surface area (Å²) in [4.78, 5) is 27.0. The first-order chi connectivity index (χ1) is 12.7. The Morgan fingerprint density at radius 2 is 2.00 bits per heavy atom. The molecule has 6 nitrogen and oxygen atoms in total. The van der Waals surface area contributed by atoms with Crippen LogP contribution in [0, 0.1) is 5.92 Å². The van der Waals surface area contributed by atoms with Crippen LogP contribution < -0.4 is 5.32 Å². The Morgan fingerprint density at radius 3 is 2.77 bits per heavy atom. The van der Waals surface area contributed by atoms with Gasteiger partial charge in [-0.3, -0.25) is 9.59 Å². The van der Waals surface area contributed by atoms with Gasteiger partial charge in [0.25, 0.3) is 0 Å². The van der Waals surface area contributed by atoms with Crippen molar-refractivity contribution in [3.63, 3.8) is 0 Å². The molecule has 136 valence electrons. The molecule has 1 aromatic carbocycles. The highest BCUT2D eigenvalue weighted by atomic mass is 16.2. The predicted octanol–water partition coefficient (Wildman–Crippen LogP) is 2.99. The molecule has 0 bridgehead atoms.